The first-order valence-corrected chi connectivity index (χ1v) is 28.2. The predicted octanol–water partition coefficient (Wildman–Crippen LogP) is -3.53. The highest BCUT2D eigenvalue weighted by Crippen LogP contribution is 2.23. The van der Waals surface area contributed by atoms with Crippen LogP contribution >= 0.6 is 0 Å². The number of nitrogens with zero attached hydrogens (tertiary/aromatic N) is 2. The number of aromatic amines is 1. The van der Waals surface area contributed by atoms with Crippen LogP contribution in [0.25, 0.3) is 10.9 Å². The number of carboxylic acids is 1. The van der Waals surface area contributed by atoms with Crippen molar-refractivity contribution in [3.8, 4) is 5.75 Å². The van der Waals surface area contributed by atoms with E-state index in [4.69, 9.17) is 17.2 Å². The monoisotopic (exact) mass is 1190 g/mol. The van der Waals surface area contributed by atoms with Gasteiger partial charge < -0.3 is 95.2 Å². The summed E-state index contributed by atoms with van der Waals surface area (Å²) in [5.41, 5.74) is 19.6. The number of phenols is 1. The van der Waals surface area contributed by atoms with Crippen LogP contribution in [0.4, 0.5) is 0 Å². The molecule has 0 spiro atoms. The number of carboxylic acid groups (broad SMARTS) is 1. The number of aromatic hydroxyl groups is 1. The minimum Gasteiger partial charge on any atom is -0.508 e. The Bertz CT molecular complexity index is 2830. The Labute approximate surface area is 491 Å². The van der Waals surface area contributed by atoms with Crippen LogP contribution in [0.5, 0.6) is 5.75 Å². The number of phenolic OH excluding ortho intramolecular Hbond substituents is 1. The van der Waals surface area contributed by atoms with Crippen LogP contribution in [0.3, 0.4) is 0 Å². The third-order valence-electron chi connectivity index (χ3n) is 14.9. The number of likely N-dealkylation sites (tertiary alicyclic amines) is 1. The third-order valence-corrected chi connectivity index (χ3v) is 14.9. The van der Waals surface area contributed by atoms with Crippen LogP contribution in [0.2, 0.25) is 0 Å². The number of amides is 9. The van der Waals surface area contributed by atoms with E-state index in [0.717, 1.165) is 23.4 Å². The Morgan fingerprint density at radius 1 is 0.671 bits per heavy atom. The van der Waals surface area contributed by atoms with Gasteiger partial charge in [0, 0.05) is 36.6 Å². The van der Waals surface area contributed by atoms with Crippen molar-refractivity contribution >= 4 is 76.0 Å². The zero-order valence-corrected chi connectivity index (χ0v) is 48.6. The van der Waals surface area contributed by atoms with Crippen molar-refractivity contribution < 1.29 is 73.5 Å². The minimum atomic E-state index is -1.84. The number of benzene rings is 2. The maximum atomic E-state index is 14.4. The highest BCUT2D eigenvalue weighted by Gasteiger charge is 2.40. The quantitative estimate of drug-likeness (QED) is 0.0160. The van der Waals surface area contributed by atoms with Crippen molar-refractivity contribution in [1.82, 2.24) is 52.4 Å². The Kier molecular flexibility index (Phi) is 27.0. The number of guanidine groups is 1. The molecule has 3 aromatic rings. The number of aliphatic carboxylic acids is 1. The number of nitrogens with two attached hydrogens (primary N) is 3. The fourth-order valence-corrected chi connectivity index (χ4v) is 9.40. The SMILES string of the molecule is CC[C@H](C)[C@H](NC(=O)[C@H](CO)NC(=O)[C@@H](NC(=O)[C@H](CCCN=C(N)N)NC(=O)[C@H](CO)NC(=O)[C@H](C)NC(=O)[C@@H](NC(=O)[C@H](Cc1ccc(O)cc1)NC(=O)[C@@H]1CCCN1C(=O)[C@@H](N)Cc1c[nH]c2ccccc12)[C@@H](C)CC)[C@@H](C)O)C(=O)O. The number of nitrogens with one attached hydrogen (secondary N) is 9. The maximum absolute atomic E-state index is 14.4. The molecule has 0 aliphatic carbocycles. The highest BCUT2D eigenvalue weighted by atomic mass is 16.4. The molecule has 2 aromatic carbocycles. The van der Waals surface area contributed by atoms with Crippen molar-refractivity contribution in [2.45, 2.75) is 159 Å². The molecule has 1 aliphatic rings. The average Bonchev–Trinajstić information content (AvgIpc) is 4.10. The zero-order valence-electron chi connectivity index (χ0n) is 48.6. The standard InChI is InChI=1S/C56H84N14O15/c1-7-28(3)43(67-48(77)39(23-32-17-19-34(74)20-18-32)64-51(80)42-16-12-22-70(42)54(83)36(57)24-33-25-61-37-14-10-9-13-35(33)37)52(81)62-30(5)46(75)65-40(26-71)49(78)63-38(15-11-21-60-56(58)59)47(76)69-45(31(6)73)53(82)66-41(27-72)50(79)68-44(55(84)85)29(4)8-2/h9-10,13-14,17-20,25,28-31,36,38-45,61,71-74H,7-8,11-12,15-16,21-24,26-27,57H2,1-6H3,(H,62,81)(H,63,78)(H,64,80)(H,65,75)(H,66,82)(H,67,77)(H,68,79)(H,69,76)(H,84,85)(H4,58,59,60)/t28-,29-,30-,31+,36-,38-,39-,40-,41-,42-,43-,44-,45-/m0/s1. The molecular formula is C56H84N14O15. The van der Waals surface area contributed by atoms with Gasteiger partial charge in [0.2, 0.25) is 53.2 Å². The molecule has 0 unspecified atom stereocenters. The van der Waals surface area contributed by atoms with Gasteiger partial charge in [-0.25, -0.2) is 4.79 Å². The molecule has 13 atom stereocenters. The number of aliphatic hydroxyl groups is 3. The van der Waals surface area contributed by atoms with E-state index < -0.39 is 151 Å². The topological polar surface area (TPSA) is 478 Å². The first-order valence-electron chi connectivity index (χ1n) is 28.2. The lowest BCUT2D eigenvalue weighted by Gasteiger charge is -2.30. The van der Waals surface area contributed by atoms with Crippen molar-refractivity contribution in [2.24, 2.45) is 34.0 Å². The van der Waals surface area contributed by atoms with E-state index in [1.807, 2.05) is 24.3 Å². The normalized spacial score (nSPS) is 17.3. The van der Waals surface area contributed by atoms with Gasteiger partial charge in [-0.2, -0.15) is 0 Å². The van der Waals surface area contributed by atoms with Crippen molar-refractivity contribution in [3.63, 3.8) is 0 Å². The van der Waals surface area contributed by atoms with Gasteiger partial charge in [-0.05, 0) is 87.1 Å². The Morgan fingerprint density at radius 2 is 1.21 bits per heavy atom. The maximum Gasteiger partial charge on any atom is 0.326 e. The molecule has 0 radical (unpaired) electrons. The van der Waals surface area contributed by atoms with Gasteiger partial charge in [-0.1, -0.05) is 70.9 Å². The molecular weight excluding hydrogens is 1110 g/mol. The lowest BCUT2D eigenvalue weighted by molar-refractivity contribution is -0.144. The Hall–Kier alpha value is -8.41. The molecule has 468 valence electrons. The van der Waals surface area contributed by atoms with E-state index in [0.29, 0.717) is 24.8 Å². The van der Waals surface area contributed by atoms with Crippen molar-refractivity contribution in [3.05, 3.63) is 65.9 Å². The molecule has 1 saturated heterocycles. The van der Waals surface area contributed by atoms with E-state index in [1.54, 1.807) is 46.0 Å². The summed E-state index contributed by atoms with van der Waals surface area (Å²) in [6.07, 6.45) is 1.42. The van der Waals surface area contributed by atoms with Crippen molar-refractivity contribution in [2.75, 3.05) is 26.3 Å². The molecule has 1 fully saturated rings. The van der Waals surface area contributed by atoms with Gasteiger partial charge in [-0.15, -0.1) is 0 Å². The number of H-pyrrole nitrogens is 1. The lowest BCUT2D eigenvalue weighted by Crippen LogP contribution is -2.62. The molecule has 0 saturated carbocycles. The van der Waals surface area contributed by atoms with Gasteiger partial charge in [0.05, 0.1) is 25.4 Å². The highest BCUT2D eigenvalue weighted by molar-refractivity contribution is 5.99. The van der Waals surface area contributed by atoms with Gasteiger partial charge in [-0.3, -0.25) is 48.1 Å². The zero-order chi connectivity index (χ0) is 63.2. The average molecular weight is 1190 g/mol. The molecule has 29 nitrogen and oxygen atoms in total. The molecule has 1 aromatic heterocycles. The number of aromatic nitrogens is 1. The number of carbonyl (C=O) groups is 10. The second-order valence-electron chi connectivity index (χ2n) is 21.3. The Balaban J connectivity index is 1.46. The fraction of sp³-hybridized carbons (Fsp3) is 0.554. The molecule has 29 heteroatoms. The van der Waals surface area contributed by atoms with Crippen LogP contribution in [0.15, 0.2) is 59.7 Å². The largest absolute Gasteiger partial charge is 0.508 e. The molecule has 0 bridgehead atoms. The first kappa shape index (κ1) is 69.1. The van der Waals surface area contributed by atoms with Crippen molar-refractivity contribution in [1.29, 1.82) is 0 Å². The van der Waals surface area contributed by atoms with Gasteiger partial charge in [0.1, 0.15) is 60.1 Å². The number of aliphatic imine (C=N–C) groups is 1. The third kappa shape index (κ3) is 20.1. The van der Waals surface area contributed by atoms with Gasteiger partial charge in [0.15, 0.2) is 5.96 Å². The summed E-state index contributed by atoms with van der Waals surface area (Å²) in [6, 6.07) is -0.949. The predicted molar refractivity (Wildman–Crippen MR) is 310 cm³/mol. The molecule has 2 heterocycles. The second-order valence-corrected chi connectivity index (χ2v) is 21.3. The number of para-hydroxylation sites is 1. The fourth-order valence-electron chi connectivity index (χ4n) is 9.40. The summed E-state index contributed by atoms with van der Waals surface area (Å²) in [5.74, 6) is -11.1. The van der Waals surface area contributed by atoms with Crippen LogP contribution in [-0.2, 0) is 60.8 Å². The van der Waals surface area contributed by atoms with Gasteiger partial charge in [0.25, 0.3) is 0 Å². The molecule has 4 rings (SSSR count). The first-order chi connectivity index (χ1) is 40.2. The summed E-state index contributed by atoms with van der Waals surface area (Å²) >= 11 is 0. The summed E-state index contributed by atoms with van der Waals surface area (Å²) in [5, 5.41) is 70.8. The van der Waals surface area contributed by atoms with Crippen LogP contribution in [0, 0.1) is 11.8 Å². The Morgan fingerprint density at radius 3 is 1.81 bits per heavy atom. The van der Waals surface area contributed by atoms with Crippen LogP contribution in [-0.4, -0.2) is 193 Å². The van der Waals surface area contributed by atoms with Crippen LogP contribution < -0.4 is 59.7 Å². The molecule has 85 heavy (non-hydrogen) atoms. The molecule has 1 aliphatic heterocycles. The van der Waals surface area contributed by atoms with E-state index in [1.165, 1.54) is 24.0 Å². The second kappa shape index (κ2) is 33.2. The summed E-state index contributed by atoms with van der Waals surface area (Å²) in [7, 11) is 0. The number of aliphatic hydroxyl groups excluding tert-OH is 3. The van der Waals surface area contributed by atoms with E-state index >= 15 is 0 Å². The van der Waals surface area contributed by atoms with E-state index in [2.05, 4.69) is 52.5 Å². The van der Waals surface area contributed by atoms with E-state index in [9.17, 15) is 73.5 Å². The van der Waals surface area contributed by atoms with E-state index in [-0.39, 0.29) is 56.9 Å². The number of carbonyl (C=O) groups excluding carboxylic acids is 9. The summed E-state index contributed by atoms with van der Waals surface area (Å²) in [4.78, 5) is 145. The number of hydrogen-bond donors (Lipinski definition) is 17. The number of rotatable bonds is 33. The van der Waals surface area contributed by atoms with Crippen LogP contribution in [0.1, 0.15) is 91.2 Å². The number of fused-ring (bicyclic) bond motifs is 1. The minimum absolute atomic E-state index is 0.0233. The molecule has 9 amide bonds. The summed E-state index contributed by atoms with van der Waals surface area (Å²) < 4.78 is 0. The summed E-state index contributed by atoms with van der Waals surface area (Å²) in [6.45, 7) is 7.16. The lowest BCUT2D eigenvalue weighted by atomic mass is 9.96. The molecule has 20 N–H and O–H groups in total. The smallest absolute Gasteiger partial charge is 0.326 e. The van der Waals surface area contributed by atoms with Gasteiger partial charge >= 0.3 is 5.97 Å². The number of hydrogen-bond acceptors (Lipinski definition) is 16.